The largest absolute Gasteiger partial charge is 0.490 e. The number of imide groups is 2. The number of rotatable bonds is 4. The number of hydrogen-bond donors (Lipinski definition) is 1. The Morgan fingerprint density at radius 1 is 1.07 bits per heavy atom. The van der Waals surface area contributed by atoms with E-state index in [1.165, 1.54) is 12.1 Å². The zero-order chi connectivity index (χ0) is 19.6. The van der Waals surface area contributed by atoms with Crippen LogP contribution in [0.1, 0.15) is 19.4 Å². The summed E-state index contributed by atoms with van der Waals surface area (Å²) in [5.74, 6) is -0.959. The lowest BCUT2D eigenvalue weighted by molar-refractivity contribution is -0.122. The van der Waals surface area contributed by atoms with Gasteiger partial charge in [-0.3, -0.25) is 14.9 Å². The molecule has 0 spiro atoms. The van der Waals surface area contributed by atoms with Crippen molar-refractivity contribution < 1.29 is 19.1 Å². The minimum atomic E-state index is -0.823. The van der Waals surface area contributed by atoms with E-state index in [-0.39, 0.29) is 17.4 Å². The second-order valence-electron chi connectivity index (χ2n) is 6.14. The number of para-hydroxylation sites is 1. The Kier molecular flexibility index (Phi) is 5.28. The Bertz CT molecular complexity index is 953. The lowest BCUT2D eigenvalue weighted by Crippen LogP contribution is -2.54. The molecule has 0 bridgehead atoms. The molecular formula is C20H17ClN2O4. The maximum absolute atomic E-state index is 12.9. The number of urea groups is 1. The molecule has 27 heavy (non-hydrogen) atoms. The van der Waals surface area contributed by atoms with Crippen molar-refractivity contribution in [3.05, 3.63) is 64.7 Å². The van der Waals surface area contributed by atoms with E-state index in [1.54, 1.807) is 42.5 Å². The maximum Gasteiger partial charge on any atom is 0.335 e. The molecule has 2 aromatic rings. The lowest BCUT2D eigenvalue weighted by Gasteiger charge is -2.26. The SMILES string of the molecule is CC(C)Oc1ccccc1/C=C1\C(=O)NC(=O)N(c2cccc(Cl)c2)C1=O. The van der Waals surface area contributed by atoms with E-state index < -0.39 is 17.8 Å². The molecule has 0 aliphatic carbocycles. The Morgan fingerprint density at radius 2 is 1.81 bits per heavy atom. The van der Waals surface area contributed by atoms with E-state index in [1.807, 2.05) is 13.8 Å². The van der Waals surface area contributed by atoms with Gasteiger partial charge in [0, 0.05) is 10.6 Å². The van der Waals surface area contributed by atoms with Crippen LogP contribution in [0.5, 0.6) is 5.75 Å². The molecule has 7 heteroatoms. The third-order valence-corrected chi connectivity index (χ3v) is 3.98. The van der Waals surface area contributed by atoms with Crippen LogP contribution in [0.4, 0.5) is 10.5 Å². The zero-order valence-corrected chi connectivity index (χ0v) is 15.5. The van der Waals surface area contributed by atoms with Crippen LogP contribution >= 0.6 is 11.6 Å². The van der Waals surface area contributed by atoms with Crippen LogP contribution in [-0.4, -0.2) is 23.9 Å². The number of ether oxygens (including phenoxy) is 1. The van der Waals surface area contributed by atoms with E-state index in [0.717, 1.165) is 4.90 Å². The summed E-state index contributed by atoms with van der Waals surface area (Å²) >= 11 is 5.96. The minimum absolute atomic E-state index is 0.0787. The van der Waals surface area contributed by atoms with E-state index in [0.29, 0.717) is 16.3 Å². The first kappa shape index (κ1) is 18.7. The standard InChI is InChI=1S/C20H17ClN2O4/c1-12(2)27-17-9-4-3-6-13(17)10-16-18(24)22-20(26)23(19(16)25)15-8-5-7-14(21)11-15/h3-12H,1-2H3,(H,22,24,26)/b16-10+. The summed E-state index contributed by atoms with van der Waals surface area (Å²) in [4.78, 5) is 38.3. The summed E-state index contributed by atoms with van der Waals surface area (Å²) in [6.07, 6.45) is 1.34. The predicted molar refractivity (Wildman–Crippen MR) is 103 cm³/mol. The zero-order valence-electron chi connectivity index (χ0n) is 14.7. The van der Waals surface area contributed by atoms with Gasteiger partial charge in [-0.25, -0.2) is 9.69 Å². The van der Waals surface area contributed by atoms with Gasteiger partial charge >= 0.3 is 6.03 Å². The molecule has 3 rings (SSSR count). The third kappa shape index (κ3) is 4.01. The van der Waals surface area contributed by atoms with E-state index >= 15 is 0 Å². The van der Waals surface area contributed by atoms with Crippen molar-refractivity contribution >= 4 is 41.2 Å². The number of carbonyl (C=O) groups is 3. The Labute approximate surface area is 161 Å². The van der Waals surface area contributed by atoms with Gasteiger partial charge in [0.1, 0.15) is 11.3 Å². The summed E-state index contributed by atoms with van der Waals surface area (Å²) in [7, 11) is 0. The Balaban J connectivity index is 2.03. The summed E-state index contributed by atoms with van der Waals surface area (Å²) in [6, 6.07) is 12.5. The molecule has 1 heterocycles. The molecule has 1 saturated heterocycles. The summed E-state index contributed by atoms with van der Waals surface area (Å²) in [5, 5.41) is 2.55. The van der Waals surface area contributed by atoms with Crippen LogP contribution in [0.3, 0.4) is 0 Å². The van der Waals surface area contributed by atoms with Crippen LogP contribution in [0.15, 0.2) is 54.1 Å². The Hall–Kier alpha value is -3.12. The number of halogens is 1. The number of nitrogens with zero attached hydrogens (tertiary/aromatic N) is 1. The lowest BCUT2D eigenvalue weighted by atomic mass is 10.1. The van der Waals surface area contributed by atoms with Gasteiger partial charge in [0.2, 0.25) is 0 Å². The summed E-state index contributed by atoms with van der Waals surface area (Å²) in [5.41, 5.74) is 0.662. The van der Waals surface area contributed by atoms with Gasteiger partial charge in [0.15, 0.2) is 0 Å². The molecule has 2 aromatic carbocycles. The van der Waals surface area contributed by atoms with Crippen molar-refractivity contribution in [2.24, 2.45) is 0 Å². The molecule has 1 N–H and O–H groups in total. The molecule has 0 saturated carbocycles. The highest BCUT2D eigenvalue weighted by molar-refractivity contribution is 6.39. The highest BCUT2D eigenvalue weighted by Crippen LogP contribution is 2.27. The van der Waals surface area contributed by atoms with Crippen molar-refractivity contribution in [2.75, 3.05) is 4.90 Å². The molecular weight excluding hydrogens is 368 g/mol. The molecule has 1 fully saturated rings. The molecule has 0 unspecified atom stereocenters. The van der Waals surface area contributed by atoms with Crippen molar-refractivity contribution in [1.29, 1.82) is 0 Å². The first-order valence-electron chi connectivity index (χ1n) is 8.29. The van der Waals surface area contributed by atoms with Gasteiger partial charge < -0.3 is 4.74 Å². The van der Waals surface area contributed by atoms with E-state index in [4.69, 9.17) is 16.3 Å². The maximum atomic E-state index is 12.9. The predicted octanol–water partition coefficient (Wildman–Crippen LogP) is 3.79. The van der Waals surface area contributed by atoms with Gasteiger partial charge in [-0.2, -0.15) is 0 Å². The molecule has 1 aliphatic rings. The fraction of sp³-hybridized carbons (Fsp3) is 0.150. The molecule has 138 valence electrons. The highest BCUT2D eigenvalue weighted by atomic mass is 35.5. The van der Waals surface area contributed by atoms with E-state index in [9.17, 15) is 14.4 Å². The van der Waals surface area contributed by atoms with Crippen LogP contribution in [0.2, 0.25) is 5.02 Å². The number of benzene rings is 2. The highest BCUT2D eigenvalue weighted by Gasteiger charge is 2.37. The van der Waals surface area contributed by atoms with Crippen LogP contribution in [0.25, 0.3) is 6.08 Å². The molecule has 4 amide bonds. The number of hydrogen-bond acceptors (Lipinski definition) is 4. The van der Waals surface area contributed by atoms with Crippen molar-refractivity contribution in [2.45, 2.75) is 20.0 Å². The molecule has 0 radical (unpaired) electrons. The number of barbiturate groups is 1. The summed E-state index contributed by atoms with van der Waals surface area (Å²) < 4.78 is 5.72. The number of carbonyl (C=O) groups excluding carboxylic acids is 3. The van der Waals surface area contributed by atoms with Gasteiger partial charge in [0.05, 0.1) is 11.8 Å². The fourth-order valence-corrected chi connectivity index (χ4v) is 2.81. The number of amides is 4. The molecule has 0 atom stereocenters. The smallest absolute Gasteiger partial charge is 0.335 e. The van der Waals surface area contributed by atoms with Crippen molar-refractivity contribution in [3.8, 4) is 5.75 Å². The molecule has 6 nitrogen and oxygen atoms in total. The summed E-state index contributed by atoms with van der Waals surface area (Å²) in [6.45, 7) is 3.75. The average Bonchev–Trinajstić information content (AvgIpc) is 2.59. The van der Waals surface area contributed by atoms with Gasteiger partial charge in [-0.15, -0.1) is 0 Å². The first-order chi connectivity index (χ1) is 12.9. The topological polar surface area (TPSA) is 75.7 Å². The number of nitrogens with one attached hydrogen (secondary N) is 1. The monoisotopic (exact) mass is 384 g/mol. The van der Waals surface area contributed by atoms with Crippen LogP contribution < -0.4 is 15.0 Å². The van der Waals surface area contributed by atoms with Gasteiger partial charge in [0.25, 0.3) is 11.8 Å². The Morgan fingerprint density at radius 3 is 2.52 bits per heavy atom. The fourth-order valence-electron chi connectivity index (χ4n) is 2.62. The normalized spacial score (nSPS) is 16.1. The minimum Gasteiger partial charge on any atom is -0.490 e. The van der Waals surface area contributed by atoms with Gasteiger partial charge in [-0.05, 0) is 44.2 Å². The van der Waals surface area contributed by atoms with Crippen molar-refractivity contribution in [1.82, 2.24) is 5.32 Å². The third-order valence-electron chi connectivity index (χ3n) is 3.75. The average molecular weight is 385 g/mol. The van der Waals surface area contributed by atoms with E-state index in [2.05, 4.69) is 5.32 Å². The second-order valence-corrected chi connectivity index (χ2v) is 6.58. The second kappa shape index (κ2) is 7.63. The van der Waals surface area contributed by atoms with Gasteiger partial charge in [-0.1, -0.05) is 35.9 Å². The molecule has 1 aliphatic heterocycles. The van der Waals surface area contributed by atoms with Crippen LogP contribution in [-0.2, 0) is 9.59 Å². The first-order valence-corrected chi connectivity index (χ1v) is 8.67. The van der Waals surface area contributed by atoms with Crippen molar-refractivity contribution in [3.63, 3.8) is 0 Å². The quantitative estimate of drug-likeness (QED) is 0.642. The number of anilines is 1. The van der Waals surface area contributed by atoms with Crippen LogP contribution in [0, 0.1) is 0 Å². The molecule has 0 aromatic heterocycles.